The van der Waals surface area contributed by atoms with Crippen LogP contribution in [0, 0.1) is 6.92 Å². The molecule has 1 unspecified atom stereocenters. The number of hydrazine groups is 1. The molecule has 1 atom stereocenters. The summed E-state index contributed by atoms with van der Waals surface area (Å²) >= 11 is 1.44. The number of hydrogen-bond donors (Lipinski definition) is 3. The highest BCUT2D eigenvalue weighted by molar-refractivity contribution is 7.99. The number of aromatic amines is 1. The Morgan fingerprint density at radius 1 is 1.71 bits per heavy atom. The van der Waals surface area contributed by atoms with Crippen LogP contribution in [0.1, 0.15) is 25.5 Å². The molecule has 4 N–H and O–H groups in total. The maximum Gasteiger partial charge on any atom is 0.251 e. The molecule has 1 amide bonds. The number of hydrogen-bond acceptors (Lipinski definition) is 5. The standard InChI is InChI=1S/C10H16N4O2S/c1-6-5-9(16)13-10(12-6)17-7(2)3-4-8(15)14-11/h5,7H,3-4,11H2,1-2H3,(H,14,15)(H,12,13,16). The van der Waals surface area contributed by atoms with E-state index in [4.69, 9.17) is 5.84 Å². The molecular weight excluding hydrogens is 240 g/mol. The SMILES string of the molecule is Cc1cc(=O)[nH]c(SC(C)CCC(=O)NN)n1. The first-order valence-corrected chi connectivity index (χ1v) is 6.13. The predicted molar refractivity (Wildman–Crippen MR) is 66.5 cm³/mol. The van der Waals surface area contributed by atoms with Crippen LogP contribution in [0.2, 0.25) is 0 Å². The Balaban J connectivity index is 2.53. The van der Waals surface area contributed by atoms with Gasteiger partial charge in [-0.15, -0.1) is 0 Å². The third-order valence-electron chi connectivity index (χ3n) is 2.10. The number of nitrogens with one attached hydrogen (secondary N) is 2. The van der Waals surface area contributed by atoms with Crippen LogP contribution in [0.25, 0.3) is 0 Å². The molecule has 0 aromatic carbocycles. The van der Waals surface area contributed by atoms with Gasteiger partial charge in [0.25, 0.3) is 5.56 Å². The molecule has 17 heavy (non-hydrogen) atoms. The van der Waals surface area contributed by atoms with Crippen LogP contribution in [0.4, 0.5) is 0 Å². The Morgan fingerprint density at radius 2 is 2.41 bits per heavy atom. The molecule has 0 aliphatic heterocycles. The molecule has 1 heterocycles. The first-order chi connectivity index (χ1) is 8.01. The van der Waals surface area contributed by atoms with Gasteiger partial charge >= 0.3 is 0 Å². The largest absolute Gasteiger partial charge is 0.301 e. The molecule has 0 aliphatic rings. The van der Waals surface area contributed by atoms with E-state index in [0.29, 0.717) is 23.7 Å². The number of carbonyl (C=O) groups excluding carboxylic acids is 1. The summed E-state index contributed by atoms with van der Waals surface area (Å²) in [6.45, 7) is 3.74. The van der Waals surface area contributed by atoms with E-state index in [2.05, 4.69) is 15.4 Å². The number of aryl methyl sites for hydroxylation is 1. The van der Waals surface area contributed by atoms with Crippen LogP contribution in [0.5, 0.6) is 0 Å². The summed E-state index contributed by atoms with van der Waals surface area (Å²) < 4.78 is 0. The molecule has 0 saturated carbocycles. The van der Waals surface area contributed by atoms with Gasteiger partial charge < -0.3 is 4.98 Å². The zero-order valence-electron chi connectivity index (χ0n) is 9.82. The lowest BCUT2D eigenvalue weighted by molar-refractivity contribution is -0.121. The molecule has 1 rings (SSSR count). The van der Waals surface area contributed by atoms with E-state index >= 15 is 0 Å². The van der Waals surface area contributed by atoms with Crippen molar-refractivity contribution in [2.75, 3.05) is 0 Å². The average molecular weight is 256 g/mol. The van der Waals surface area contributed by atoms with E-state index in [9.17, 15) is 9.59 Å². The van der Waals surface area contributed by atoms with Crippen LogP contribution in [0.15, 0.2) is 16.0 Å². The summed E-state index contributed by atoms with van der Waals surface area (Å²) in [6, 6.07) is 1.44. The summed E-state index contributed by atoms with van der Waals surface area (Å²) in [6.07, 6.45) is 1.03. The summed E-state index contributed by atoms with van der Waals surface area (Å²) in [4.78, 5) is 29.0. The van der Waals surface area contributed by atoms with Crippen molar-refractivity contribution in [1.29, 1.82) is 0 Å². The van der Waals surface area contributed by atoms with Gasteiger partial charge in [-0.05, 0) is 13.3 Å². The van der Waals surface area contributed by atoms with Gasteiger partial charge in [0.15, 0.2) is 5.16 Å². The van der Waals surface area contributed by atoms with Gasteiger partial charge in [0.1, 0.15) is 0 Å². The topological polar surface area (TPSA) is 101 Å². The molecule has 0 aliphatic carbocycles. The maximum atomic E-state index is 11.2. The van der Waals surface area contributed by atoms with Crippen LogP contribution in [-0.4, -0.2) is 21.1 Å². The Labute approximate surface area is 103 Å². The quantitative estimate of drug-likeness (QED) is 0.232. The van der Waals surface area contributed by atoms with E-state index < -0.39 is 0 Å². The Kier molecular flexibility index (Phi) is 5.17. The van der Waals surface area contributed by atoms with Crippen molar-refractivity contribution >= 4 is 17.7 Å². The lowest BCUT2D eigenvalue weighted by Gasteiger charge is -2.09. The summed E-state index contributed by atoms with van der Waals surface area (Å²) in [5.41, 5.74) is 2.60. The molecule has 0 radical (unpaired) electrons. The molecular formula is C10H16N4O2S. The van der Waals surface area contributed by atoms with Crippen molar-refractivity contribution in [1.82, 2.24) is 15.4 Å². The normalized spacial score (nSPS) is 12.2. The van der Waals surface area contributed by atoms with Crippen LogP contribution >= 0.6 is 11.8 Å². The Hall–Kier alpha value is -1.34. The molecule has 0 fully saturated rings. The second-order valence-corrected chi connectivity index (χ2v) is 5.15. The smallest absolute Gasteiger partial charge is 0.251 e. The zero-order chi connectivity index (χ0) is 12.8. The second-order valence-electron chi connectivity index (χ2n) is 3.73. The van der Waals surface area contributed by atoms with Gasteiger partial charge in [-0.1, -0.05) is 18.7 Å². The summed E-state index contributed by atoms with van der Waals surface area (Å²) in [5, 5.41) is 0.757. The van der Waals surface area contributed by atoms with Gasteiger partial charge in [0, 0.05) is 23.4 Å². The predicted octanol–water partition coefficient (Wildman–Crippen LogP) is 0.329. The number of carbonyl (C=O) groups is 1. The number of rotatable bonds is 5. The van der Waals surface area contributed by atoms with Crippen LogP contribution < -0.4 is 16.8 Å². The summed E-state index contributed by atoms with van der Waals surface area (Å²) in [5.74, 6) is 4.79. The lowest BCUT2D eigenvalue weighted by atomic mass is 10.2. The number of thioether (sulfide) groups is 1. The van der Waals surface area contributed by atoms with E-state index in [1.807, 2.05) is 6.92 Å². The van der Waals surface area contributed by atoms with Crippen molar-refractivity contribution in [3.05, 3.63) is 22.1 Å². The maximum absolute atomic E-state index is 11.2. The fraction of sp³-hybridized carbons (Fsp3) is 0.500. The molecule has 94 valence electrons. The molecule has 0 bridgehead atoms. The second kappa shape index (κ2) is 6.41. The monoisotopic (exact) mass is 256 g/mol. The van der Waals surface area contributed by atoms with Crippen molar-refractivity contribution < 1.29 is 4.79 Å². The van der Waals surface area contributed by atoms with Gasteiger partial charge in [0.2, 0.25) is 5.91 Å². The number of aromatic nitrogens is 2. The van der Waals surface area contributed by atoms with Gasteiger partial charge in [0.05, 0.1) is 0 Å². The Bertz CT molecular complexity index is 446. The first kappa shape index (κ1) is 13.7. The van der Waals surface area contributed by atoms with E-state index in [1.165, 1.54) is 17.8 Å². The summed E-state index contributed by atoms with van der Waals surface area (Å²) in [7, 11) is 0. The third kappa shape index (κ3) is 5.01. The fourth-order valence-electron chi connectivity index (χ4n) is 1.26. The highest BCUT2D eigenvalue weighted by Crippen LogP contribution is 2.21. The van der Waals surface area contributed by atoms with Crippen molar-refractivity contribution in [2.24, 2.45) is 5.84 Å². The number of H-pyrrole nitrogens is 1. The number of nitrogens with zero attached hydrogens (tertiary/aromatic N) is 1. The zero-order valence-corrected chi connectivity index (χ0v) is 10.6. The lowest BCUT2D eigenvalue weighted by Crippen LogP contribution is -2.30. The molecule has 6 nitrogen and oxygen atoms in total. The highest BCUT2D eigenvalue weighted by atomic mass is 32.2. The first-order valence-electron chi connectivity index (χ1n) is 5.25. The fourth-order valence-corrected chi connectivity index (χ4v) is 2.24. The molecule has 0 saturated heterocycles. The minimum Gasteiger partial charge on any atom is -0.301 e. The molecule has 0 spiro atoms. The number of nitrogens with two attached hydrogens (primary N) is 1. The van der Waals surface area contributed by atoms with Crippen molar-refractivity contribution in [3.8, 4) is 0 Å². The van der Waals surface area contributed by atoms with E-state index in [1.54, 1.807) is 6.92 Å². The van der Waals surface area contributed by atoms with Crippen molar-refractivity contribution in [3.63, 3.8) is 0 Å². The van der Waals surface area contributed by atoms with Gasteiger partial charge in [-0.2, -0.15) is 0 Å². The minimum absolute atomic E-state index is 0.160. The van der Waals surface area contributed by atoms with Crippen LogP contribution in [-0.2, 0) is 4.79 Å². The third-order valence-corrected chi connectivity index (χ3v) is 3.15. The van der Waals surface area contributed by atoms with Gasteiger partial charge in [-0.3, -0.25) is 15.0 Å². The van der Waals surface area contributed by atoms with E-state index in [0.717, 1.165) is 0 Å². The highest BCUT2D eigenvalue weighted by Gasteiger charge is 2.09. The minimum atomic E-state index is -0.192. The average Bonchev–Trinajstić information content (AvgIpc) is 2.24. The Morgan fingerprint density at radius 3 is 3.00 bits per heavy atom. The molecule has 1 aromatic heterocycles. The molecule has 1 aromatic rings. The molecule has 7 heteroatoms. The van der Waals surface area contributed by atoms with E-state index in [-0.39, 0.29) is 16.7 Å². The van der Waals surface area contributed by atoms with Gasteiger partial charge in [-0.25, -0.2) is 10.8 Å². The van der Waals surface area contributed by atoms with Crippen LogP contribution in [0.3, 0.4) is 0 Å². The number of amides is 1. The van der Waals surface area contributed by atoms with Crippen molar-refractivity contribution in [2.45, 2.75) is 37.1 Å².